The molecule has 0 bridgehead atoms. The van der Waals surface area contributed by atoms with Crippen LogP contribution in [-0.2, 0) is 42.4 Å². The maximum Gasteiger partial charge on any atom is 0.416 e. The van der Waals surface area contributed by atoms with Crippen LogP contribution in [0.2, 0.25) is 0 Å². The second-order valence-electron chi connectivity index (χ2n) is 16.9. The number of nitrogens with one attached hydrogen (secondary N) is 2. The molecule has 384 valence electrons. The number of benzene rings is 3. The lowest BCUT2D eigenvalue weighted by atomic mass is 9.93. The van der Waals surface area contributed by atoms with E-state index in [0.29, 0.717) is 54.5 Å². The van der Waals surface area contributed by atoms with E-state index in [-0.39, 0.29) is 29.5 Å². The van der Waals surface area contributed by atoms with E-state index in [4.69, 9.17) is 0 Å². The topological polar surface area (TPSA) is 133 Å². The average molecular weight is 1060 g/mol. The molecule has 3 aromatic carbocycles. The highest BCUT2D eigenvalue weighted by atomic mass is 79.9. The molecule has 1 amide bonds. The molecular weight excluding hydrogens is 1010 g/mol. The van der Waals surface area contributed by atoms with Crippen LogP contribution in [0, 0.1) is 17.8 Å². The minimum atomic E-state index is -4.33. The maximum absolute atomic E-state index is 12.6. The molecule has 3 fully saturated rings. The van der Waals surface area contributed by atoms with Gasteiger partial charge in [0, 0.05) is 61.3 Å². The van der Waals surface area contributed by atoms with Gasteiger partial charge in [-0.25, -0.2) is 4.98 Å². The van der Waals surface area contributed by atoms with Crippen molar-refractivity contribution < 1.29 is 68.5 Å². The van der Waals surface area contributed by atoms with Gasteiger partial charge in [-0.1, -0.05) is 15.9 Å². The van der Waals surface area contributed by atoms with E-state index in [9.17, 15) is 59.0 Å². The highest BCUT2D eigenvalue weighted by Gasteiger charge is 2.32. The summed E-state index contributed by atoms with van der Waals surface area (Å²) in [5.41, 5.74) is -0.355. The molecule has 3 N–H and O–H groups in total. The SMILES string of the molecule is COC(=O)CC1CCN(c2ccc(C(F)(F)F)cc2)CC1.COC(=O)CC1CCNCC1.FC(F)(F)c1ccc(Br)cc1.O=C(CC1CCN(c2ccc(C(F)(F)F)cc2)CC1)Nc1ccc(O)cn1. The molecule has 21 heteroatoms. The Morgan fingerprint density at radius 1 is 0.600 bits per heavy atom. The summed E-state index contributed by atoms with van der Waals surface area (Å²) < 4.78 is 121. The molecule has 0 aliphatic carbocycles. The largest absolute Gasteiger partial charge is 0.506 e. The van der Waals surface area contributed by atoms with E-state index in [2.05, 4.69) is 41.0 Å². The zero-order valence-electron chi connectivity index (χ0n) is 38.6. The molecule has 70 heavy (non-hydrogen) atoms. The van der Waals surface area contributed by atoms with Crippen LogP contribution in [0.25, 0.3) is 0 Å². The number of rotatable bonds is 9. The molecule has 3 aliphatic rings. The number of anilines is 3. The van der Waals surface area contributed by atoms with E-state index >= 15 is 0 Å². The first kappa shape index (κ1) is 57.0. The van der Waals surface area contributed by atoms with Gasteiger partial charge in [0.2, 0.25) is 5.91 Å². The van der Waals surface area contributed by atoms with Crippen molar-refractivity contribution >= 4 is 51.0 Å². The van der Waals surface area contributed by atoms with Gasteiger partial charge >= 0.3 is 30.5 Å². The van der Waals surface area contributed by atoms with Crippen molar-refractivity contribution in [3.8, 4) is 5.75 Å². The number of nitrogens with zero attached hydrogens (tertiary/aromatic N) is 3. The van der Waals surface area contributed by atoms with Crippen LogP contribution < -0.4 is 20.4 Å². The fourth-order valence-corrected chi connectivity index (χ4v) is 8.06. The Kier molecular flexibility index (Phi) is 22.1. The van der Waals surface area contributed by atoms with Crippen LogP contribution in [-0.4, -0.2) is 81.4 Å². The molecular formula is C49H57BrF9N5O6. The quantitative estimate of drug-likeness (QED) is 0.110. The van der Waals surface area contributed by atoms with Gasteiger partial charge in [0.05, 0.1) is 37.1 Å². The van der Waals surface area contributed by atoms with E-state index < -0.39 is 35.2 Å². The summed E-state index contributed by atoms with van der Waals surface area (Å²) in [6.07, 6.45) is -4.75. The Labute approximate surface area is 409 Å². The number of aromatic nitrogens is 1. The number of halogens is 10. The Morgan fingerprint density at radius 2 is 0.971 bits per heavy atom. The van der Waals surface area contributed by atoms with Gasteiger partial charge < -0.3 is 35.0 Å². The number of hydrogen-bond donors (Lipinski definition) is 3. The molecule has 11 nitrogen and oxygen atoms in total. The van der Waals surface area contributed by atoms with Gasteiger partial charge in [0.15, 0.2) is 0 Å². The summed E-state index contributed by atoms with van der Waals surface area (Å²) in [6.45, 7) is 4.96. The first-order chi connectivity index (χ1) is 33.0. The summed E-state index contributed by atoms with van der Waals surface area (Å²) >= 11 is 3.04. The number of pyridine rings is 1. The highest BCUT2D eigenvalue weighted by molar-refractivity contribution is 9.10. The second-order valence-corrected chi connectivity index (χ2v) is 17.8. The lowest BCUT2D eigenvalue weighted by Crippen LogP contribution is -2.35. The zero-order valence-corrected chi connectivity index (χ0v) is 40.2. The third-order valence-corrected chi connectivity index (χ3v) is 12.4. The average Bonchev–Trinajstić information content (AvgIpc) is 3.33. The van der Waals surface area contributed by atoms with Crippen LogP contribution >= 0.6 is 15.9 Å². The molecule has 4 heterocycles. The number of aromatic hydroxyl groups is 1. The number of carbonyl (C=O) groups is 3. The number of methoxy groups -OCH3 is 2. The molecule has 1 aromatic heterocycles. The second kappa shape index (κ2) is 27.1. The predicted octanol–water partition coefficient (Wildman–Crippen LogP) is 11.6. The number of hydrogen-bond acceptors (Lipinski definition) is 10. The van der Waals surface area contributed by atoms with Crippen molar-refractivity contribution in [2.24, 2.45) is 17.8 Å². The summed E-state index contributed by atoms with van der Waals surface area (Å²) in [4.78, 5) is 42.2. The van der Waals surface area contributed by atoms with E-state index in [0.717, 1.165) is 112 Å². The third kappa shape index (κ3) is 20.0. The fraction of sp³-hybridized carbons (Fsp3) is 0.469. The van der Waals surface area contributed by atoms with Crippen LogP contribution in [0.4, 0.5) is 56.7 Å². The van der Waals surface area contributed by atoms with Gasteiger partial charge in [-0.15, -0.1) is 0 Å². The molecule has 0 radical (unpaired) electrons. The zero-order chi connectivity index (χ0) is 51.5. The van der Waals surface area contributed by atoms with Gasteiger partial charge in [-0.3, -0.25) is 14.4 Å². The minimum absolute atomic E-state index is 0.0311. The van der Waals surface area contributed by atoms with Crippen LogP contribution in [0.15, 0.2) is 95.6 Å². The summed E-state index contributed by atoms with van der Waals surface area (Å²) in [6, 6.07) is 18.2. The Morgan fingerprint density at radius 3 is 1.33 bits per heavy atom. The van der Waals surface area contributed by atoms with Gasteiger partial charge in [-0.2, -0.15) is 39.5 Å². The van der Waals surface area contributed by atoms with E-state index in [1.54, 1.807) is 0 Å². The highest BCUT2D eigenvalue weighted by Crippen LogP contribution is 2.34. The normalized spacial score (nSPS) is 16.0. The van der Waals surface area contributed by atoms with Crippen molar-refractivity contribution in [2.45, 2.75) is 76.3 Å². The van der Waals surface area contributed by atoms with Crippen molar-refractivity contribution in [3.63, 3.8) is 0 Å². The van der Waals surface area contributed by atoms with Gasteiger partial charge in [0.1, 0.15) is 11.6 Å². The van der Waals surface area contributed by atoms with E-state index in [1.807, 2.05) is 9.80 Å². The van der Waals surface area contributed by atoms with Crippen molar-refractivity contribution in [1.82, 2.24) is 10.3 Å². The molecule has 0 saturated carbocycles. The Balaban J connectivity index is 0.000000218. The van der Waals surface area contributed by atoms with Crippen LogP contribution in [0.5, 0.6) is 5.75 Å². The maximum atomic E-state index is 12.6. The van der Waals surface area contributed by atoms with Crippen molar-refractivity contribution in [2.75, 3.05) is 68.6 Å². The van der Waals surface area contributed by atoms with Crippen molar-refractivity contribution in [1.29, 1.82) is 0 Å². The van der Waals surface area contributed by atoms with E-state index in [1.165, 1.54) is 68.9 Å². The number of piperidine rings is 3. The summed E-state index contributed by atoms with van der Waals surface area (Å²) in [5, 5.41) is 15.1. The minimum Gasteiger partial charge on any atom is -0.506 e. The first-order valence-electron chi connectivity index (χ1n) is 22.5. The van der Waals surface area contributed by atoms with Crippen molar-refractivity contribution in [3.05, 3.63) is 112 Å². The standard InChI is InChI=1S/C19H20F3N3O2.C15H18F3NO2.C8H15NO2.C7H4BrF3/c20-19(21,22)14-1-3-15(4-2-14)25-9-7-13(8-10-25)11-18(27)24-17-6-5-16(26)12-23-17;1-21-14(20)10-11-6-8-19(9-7-11)13-4-2-12(3-5-13)15(16,17)18;1-11-8(10)6-7-2-4-9-5-3-7;8-6-3-1-5(2-4-6)7(9,10)11/h1-6,12-13,26H,7-11H2,(H,23,24,27);2-5,11H,6-10H2,1H3;7,9H,2-6H2,1H3;1-4H. The number of alkyl halides is 9. The van der Waals surface area contributed by atoms with Crippen LogP contribution in [0.3, 0.4) is 0 Å². The number of amides is 1. The van der Waals surface area contributed by atoms with Gasteiger partial charge in [0.25, 0.3) is 0 Å². The monoisotopic (exact) mass is 1060 g/mol. The molecule has 3 aliphatic heterocycles. The van der Waals surface area contributed by atoms with Gasteiger partial charge in [-0.05, 0) is 154 Å². The number of carbonyl (C=O) groups excluding carboxylic acids is 3. The lowest BCUT2D eigenvalue weighted by molar-refractivity contribution is -0.142. The molecule has 3 saturated heterocycles. The molecule has 7 rings (SSSR count). The fourth-order valence-electron chi connectivity index (χ4n) is 7.79. The smallest absolute Gasteiger partial charge is 0.416 e. The Bertz CT molecular complexity index is 2190. The summed E-state index contributed by atoms with van der Waals surface area (Å²) in [5.74, 6) is 1.06. The molecule has 0 unspecified atom stereocenters. The molecule has 0 atom stereocenters. The number of ether oxygens (including phenoxy) is 2. The molecule has 0 spiro atoms. The third-order valence-electron chi connectivity index (χ3n) is 11.8. The molecule has 4 aromatic rings. The first-order valence-corrected chi connectivity index (χ1v) is 23.3. The lowest BCUT2D eigenvalue weighted by Gasteiger charge is -2.33. The van der Waals surface area contributed by atoms with Crippen LogP contribution in [0.1, 0.15) is 74.5 Å². The summed E-state index contributed by atoms with van der Waals surface area (Å²) in [7, 11) is 2.82. The predicted molar refractivity (Wildman–Crippen MR) is 250 cm³/mol. The Hall–Kier alpha value is -5.57. The number of esters is 2.